The molecule has 0 bridgehead atoms. The highest BCUT2D eigenvalue weighted by Crippen LogP contribution is 2.25. The van der Waals surface area contributed by atoms with E-state index in [9.17, 15) is 4.79 Å². The summed E-state index contributed by atoms with van der Waals surface area (Å²) >= 11 is 0. The molecule has 1 saturated heterocycles. The zero-order valence-electron chi connectivity index (χ0n) is 14.5. The van der Waals surface area contributed by atoms with E-state index < -0.39 is 0 Å². The number of likely N-dealkylation sites (tertiary alicyclic amines) is 1. The topological polar surface area (TPSA) is 36.7 Å². The second-order valence-electron chi connectivity index (χ2n) is 7.27. The van der Waals surface area contributed by atoms with Gasteiger partial charge in [-0.3, -0.25) is 4.90 Å². The lowest BCUT2D eigenvalue weighted by atomic mass is 9.97. The van der Waals surface area contributed by atoms with E-state index in [4.69, 9.17) is 4.42 Å². The molecule has 0 saturated carbocycles. The van der Waals surface area contributed by atoms with Crippen molar-refractivity contribution < 1.29 is 4.42 Å². The van der Waals surface area contributed by atoms with Crippen molar-refractivity contribution in [3.63, 3.8) is 0 Å². The lowest BCUT2D eigenvalue weighted by Crippen LogP contribution is -2.41. The third kappa shape index (κ3) is 3.13. The Kier molecular flexibility index (Phi) is 4.42. The lowest BCUT2D eigenvalue weighted by Gasteiger charge is -2.32. The Bertz CT molecular complexity index is 790. The Morgan fingerprint density at radius 3 is 2.62 bits per heavy atom. The van der Waals surface area contributed by atoms with E-state index in [2.05, 4.69) is 21.9 Å². The zero-order chi connectivity index (χ0) is 16.5. The maximum Gasteiger partial charge on any atom is 0.341 e. The molecule has 0 N–H and O–H groups in total. The summed E-state index contributed by atoms with van der Waals surface area (Å²) in [5.41, 5.74) is 3.79. The summed E-state index contributed by atoms with van der Waals surface area (Å²) in [7, 11) is 0. The van der Waals surface area contributed by atoms with Crippen LogP contribution in [-0.4, -0.2) is 42.5 Å². The van der Waals surface area contributed by atoms with E-state index in [1.807, 2.05) is 13.0 Å². The smallest absolute Gasteiger partial charge is 0.341 e. The second-order valence-corrected chi connectivity index (χ2v) is 7.27. The van der Waals surface area contributed by atoms with Gasteiger partial charge < -0.3 is 9.32 Å². The second kappa shape index (κ2) is 6.69. The van der Waals surface area contributed by atoms with Crippen molar-refractivity contribution in [3.8, 4) is 0 Å². The maximum absolute atomic E-state index is 12.4. The summed E-state index contributed by atoms with van der Waals surface area (Å²) in [5.74, 6) is 0. The van der Waals surface area contributed by atoms with Crippen molar-refractivity contribution in [2.24, 2.45) is 0 Å². The minimum Gasteiger partial charge on any atom is -0.422 e. The first-order valence-electron chi connectivity index (χ1n) is 9.20. The molecule has 2 aliphatic rings. The molecule has 0 spiro atoms. The molecule has 2 aromatic rings. The molecule has 2 aliphatic heterocycles. The van der Waals surface area contributed by atoms with Crippen LogP contribution in [0.2, 0.25) is 0 Å². The van der Waals surface area contributed by atoms with Gasteiger partial charge in [-0.05, 0) is 56.5 Å². The number of piperidine rings is 1. The first-order chi connectivity index (χ1) is 11.7. The molecule has 128 valence electrons. The number of aryl methyl sites for hydroxylation is 1. The van der Waals surface area contributed by atoms with E-state index in [1.54, 1.807) is 0 Å². The zero-order valence-corrected chi connectivity index (χ0v) is 14.5. The van der Waals surface area contributed by atoms with E-state index in [-0.39, 0.29) is 5.63 Å². The largest absolute Gasteiger partial charge is 0.422 e. The molecule has 1 aromatic heterocycles. The molecule has 0 unspecified atom stereocenters. The van der Waals surface area contributed by atoms with Crippen molar-refractivity contribution in [3.05, 3.63) is 45.3 Å². The fraction of sp³-hybridized carbons (Fsp3) is 0.550. The highest BCUT2D eigenvalue weighted by molar-refractivity contribution is 5.82. The van der Waals surface area contributed by atoms with Crippen molar-refractivity contribution in [2.45, 2.75) is 39.2 Å². The molecule has 24 heavy (non-hydrogen) atoms. The van der Waals surface area contributed by atoms with E-state index in [1.165, 1.54) is 37.9 Å². The van der Waals surface area contributed by atoms with E-state index >= 15 is 0 Å². The molecule has 0 radical (unpaired) electrons. The molecule has 0 aliphatic carbocycles. The van der Waals surface area contributed by atoms with Crippen LogP contribution in [0, 0.1) is 6.92 Å². The highest BCUT2D eigenvalue weighted by Gasteiger charge is 2.23. The fourth-order valence-electron chi connectivity index (χ4n) is 4.09. The number of benzene rings is 1. The fourth-order valence-corrected chi connectivity index (χ4v) is 4.09. The van der Waals surface area contributed by atoms with Crippen LogP contribution in [0.15, 0.2) is 27.4 Å². The minimum absolute atomic E-state index is 0.147. The average Bonchev–Trinajstić information content (AvgIpc) is 2.61. The summed E-state index contributed by atoms with van der Waals surface area (Å²) in [6, 6.07) is 6.18. The van der Waals surface area contributed by atoms with Crippen LogP contribution in [0.25, 0.3) is 11.0 Å². The minimum atomic E-state index is -0.147. The number of fused-ring (bicyclic) bond motifs is 3. The quantitative estimate of drug-likeness (QED) is 0.813. The molecule has 4 heteroatoms. The van der Waals surface area contributed by atoms with Crippen molar-refractivity contribution in [2.75, 3.05) is 32.7 Å². The predicted octanol–water partition coefficient (Wildman–Crippen LogP) is 2.95. The average molecular weight is 326 g/mol. The van der Waals surface area contributed by atoms with Gasteiger partial charge in [-0.2, -0.15) is 0 Å². The van der Waals surface area contributed by atoms with Crippen molar-refractivity contribution in [1.82, 2.24) is 9.80 Å². The van der Waals surface area contributed by atoms with Crippen LogP contribution in [0.5, 0.6) is 0 Å². The Labute approximate surface area is 143 Å². The summed E-state index contributed by atoms with van der Waals surface area (Å²) < 4.78 is 5.59. The van der Waals surface area contributed by atoms with Crippen LogP contribution < -0.4 is 5.63 Å². The van der Waals surface area contributed by atoms with E-state index in [0.717, 1.165) is 54.7 Å². The highest BCUT2D eigenvalue weighted by atomic mass is 16.4. The first kappa shape index (κ1) is 15.9. The standard InChI is InChI=1S/C20H26N2O2/c1-15-5-6-17-16-7-10-22(12-11-21-8-3-2-4-9-21)14-18(16)20(23)24-19(17)13-15/h5-6,13H,2-4,7-12,14H2,1H3. The SMILES string of the molecule is Cc1ccc2c3c(c(=O)oc2c1)CN(CCN1CCCCC1)CC3. The van der Waals surface area contributed by atoms with Crippen LogP contribution in [0.3, 0.4) is 0 Å². The number of hydrogen-bond acceptors (Lipinski definition) is 4. The third-order valence-corrected chi connectivity index (χ3v) is 5.52. The van der Waals surface area contributed by atoms with Gasteiger partial charge >= 0.3 is 5.63 Å². The van der Waals surface area contributed by atoms with Crippen LogP contribution in [0.1, 0.15) is 36.0 Å². The van der Waals surface area contributed by atoms with Gasteiger partial charge in [0.1, 0.15) is 5.58 Å². The van der Waals surface area contributed by atoms with Gasteiger partial charge in [-0.15, -0.1) is 0 Å². The lowest BCUT2D eigenvalue weighted by molar-refractivity contribution is 0.172. The van der Waals surface area contributed by atoms with E-state index in [0.29, 0.717) is 0 Å². The third-order valence-electron chi connectivity index (χ3n) is 5.52. The summed E-state index contributed by atoms with van der Waals surface area (Å²) in [5, 5.41) is 1.12. The Morgan fingerprint density at radius 1 is 1.00 bits per heavy atom. The molecule has 0 amide bonds. The number of rotatable bonds is 3. The number of hydrogen-bond donors (Lipinski definition) is 0. The van der Waals surface area contributed by atoms with Gasteiger partial charge in [0.2, 0.25) is 0 Å². The molecular formula is C20H26N2O2. The van der Waals surface area contributed by atoms with Crippen LogP contribution in [0.4, 0.5) is 0 Å². The monoisotopic (exact) mass is 326 g/mol. The summed E-state index contributed by atoms with van der Waals surface area (Å²) in [6.45, 7) is 8.43. The number of nitrogens with zero attached hydrogens (tertiary/aromatic N) is 2. The molecule has 0 atom stereocenters. The van der Waals surface area contributed by atoms with Gasteiger partial charge in [0.05, 0.1) is 5.56 Å². The molecule has 1 aromatic carbocycles. The van der Waals surface area contributed by atoms with Gasteiger partial charge in [-0.1, -0.05) is 18.6 Å². The van der Waals surface area contributed by atoms with Crippen molar-refractivity contribution >= 4 is 11.0 Å². The first-order valence-corrected chi connectivity index (χ1v) is 9.20. The molecule has 4 nitrogen and oxygen atoms in total. The van der Waals surface area contributed by atoms with Gasteiger partial charge in [0.15, 0.2) is 0 Å². The Balaban J connectivity index is 1.52. The van der Waals surface area contributed by atoms with Crippen LogP contribution in [-0.2, 0) is 13.0 Å². The van der Waals surface area contributed by atoms with Gasteiger partial charge in [-0.25, -0.2) is 4.79 Å². The molecule has 4 rings (SSSR count). The molecular weight excluding hydrogens is 300 g/mol. The van der Waals surface area contributed by atoms with Crippen molar-refractivity contribution in [1.29, 1.82) is 0 Å². The maximum atomic E-state index is 12.4. The van der Waals surface area contributed by atoms with Crippen LogP contribution >= 0.6 is 0 Å². The molecule has 3 heterocycles. The van der Waals surface area contributed by atoms with Gasteiger partial charge in [0.25, 0.3) is 0 Å². The molecule has 1 fully saturated rings. The Morgan fingerprint density at radius 2 is 1.79 bits per heavy atom. The Hall–Kier alpha value is -1.65. The summed E-state index contributed by atoms with van der Waals surface area (Å²) in [4.78, 5) is 17.4. The normalized spacial score (nSPS) is 19.5. The predicted molar refractivity (Wildman–Crippen MR) is 96.5 cm³/mol. The van der Waals surface area contributed by atoms with Gasteiger partial charge in [0, 0.05) is 31.6 Å². The summed E-state index contributed by atoms with van der Waals surface area (Å²) in [6.07, 6.45) is 4.98.